The van der Waals surface area contributed by atoms with Gasteiger partial charge in [0.25, 0.3) is 0 Å². The third-order valence-electron chi connectivity index (χ3n) is 4.90. The van der Waals surface area contributed by atoms with E-state index in [-0.39, 0.29) is 11.9 Å². The highest BCUT2D eigenvalue weighted by Crippen LogP contribution is 2.33. The summed E-state index contributed by atoms with van der Waals surface area (Å²) in [6.07, 6.45) is 6.68. The fourth-order valence-electron chi connectivity index (χ4n) is 3.58. The molecule has 22 heavy (non-hydrogen) atoms. The molecule has 1 aromatic carbocycles. The van der Waals surface area contributed by atoms with Gasteiger partial charge in [-0.1, -0.05) is 12.1 Å². The molecule has 0 aromatic heterocycles. The number of aliphatic imine (C=N–C) groups is 1. The quantitative estimate of drug-likeness (QED) is 0.843. The van der Waals surface area contributed by atoms with E-state index in [2.05, 4.69) is 5.32 Å². The van der Waals surface area contributed by atoms with E-state index in [4.69, 9.17) is 10.7 Å². The van der Waals surface area contributed by atoms with Crippen molar-refractivity contribution in [3.05, 3.63) is 46.9 Å². The van der Waals surface area contributed by atoms with Crippen LogP contribution >= 0.6 is 0 Å². The summed E-state index contributed by atoms with van der Waals surface area (Å²) in [6.45, 7) is 0. The monoisotopic (exact) mass is 299 g/mol. The summed E-state index contributed by atoms with van der Waals surface area (Å²) in [5.74, 6) is -0.214. The van der Waals surface area contributed by atoms with Crippen LogP contribution in [0.1, 0.15) is 44.1 Å². The van der Waals surface area contributed by atoms with Crippen molar-refractivity contribution in [3.63, 3.8) is 0 Å². The molecule has 2 fully saturated rings. The summed E-state index contributed by atoms with van der Waals surface area (Å²) in [5.41, 5.74) is 10.3. The molecule has 1 aliphatic carbocycles. The zero-order valence-corrected chi connectivity index (χ0v) is 12.7. The minimum atomic E-state index is -0.214. The van der Waals surface area contributed by atoms with E-state index in [1.807, 2.05) is 6.07 Å². The molecule has 4 rings (SSSR count). The molecule has 3 aliphatic rings. The number of piperidine rings is 1. The van der Waals surface area contributed by atoms with Gasteiger partial charge in [0.15, 0.2) is 0 Å². The number of hydrogen-bond acceptors (Lipinski definition) is 3. The molecule has 2 unspecified atom stereocenters. The molecule has 1 aromatic rings. The number of nitrogens with zero attached hydrogens (tertiary/aromatic N) is 1. The molecule has 0 radical (unpaired) electrons. The first-order valence-electron chi connectivity index (χ1n) is 8.29. The van der Waals surface area contributed by atoms with Gasteiger partial charge in [0.2, 0.25) is 0 Å². The first kappa shape index (κ1) is 13.9. The maximum absolute atomic E-state index is 13.7. The third-order valence-corrected chi connectivity index (χ3v) is 4.90. The average Bonchev–Trinajstić information content (AvgIpc) is 3.33. The van der Waals surface area contributed by atoms with Gasteiger partial charge >= 0.3 is 0 Å². The molecular weight excluding hydrogens is 277 g/mol. The summed E-state index contributed by atoms with van der Waals surface area (Å²) >= 11 is 0. The Morgan fingerprint density at radius 1 is 1.23 bits per heavy atom. The topological polar surface area (TPSA) is 50.4 Å². The molecule has 1 saturated carbocycles. The Balaban J connectivity index is 1.77. The van der Waals surface area contributed by atoms with Gasteiger partial charge in [-0.05, 0) is 56.2 Å². The molecule has 3 N–H and O–H groups in total. The van der Waals surface area contributed by atoms with Gasteiger partial charge in [-0.2, -0.15) is 0 Å². The van der Waals surface area contributed by atoms with Crippen LogP contribution in [-0.4, -0.2) is 23.8 Å². The lowest BCUT2D eigenvalue weighted by Crippen LogP contribution is -2.50. The standard InChI is InChI=1S/C18H22FN3/c19-12-4-1-3-11(9-12)18(22-13-7-8-13)15-10-14-5-2-6-16(21-14)17(15)20/h1,3-4,9,13-14,16,21H,2,5-8,10,20H2. The number of hydrogen-bond donors (Lipinski definition) is 2. The second kappa shape index (κ2) is 5.51. The second-order valence-corrected chi connectivity index (χ2v) is 6.70. The van der Waals surface area contributed by atoms with Gasteiger partial charge in [0, 0.05) is 23.3 Å². The van der Waals surface area contributed by atoms with E-state index in [1.54, 1.807) is 12.1 Å². The van der Waals surface area contributed by atoms with Crippen LogP contribution in [0.2, 0.25) is 0 Å². The highest BCUT2D eigenvalue weighted by Gasteiger charge is 2.33. The number of halogens is 1. The van der Waals surface area contributed by atoms with Crippen LogP contribution in [0.4, 0.5) is 4.39 Å². The molecule has 3 nitrogen and oxygen atoms in total. The minimum Gasteiger partial charge on any atom is -0.400 e. The molecule has 4 heteroatoms. The van der Waals surface area contributed by atoms with Crippen LogP contribution < -0.4 is 11.1 Å². The summed E-state index contributed by atoms with van der Waals surface area (Å²) in [6, 6.07) is 7.91. The van der Waals surface area contributed by atoms with Gasteiger partial charge in [0.1, 0.15) is 5.82 Å². The molecule has 116 valence electrons. The van der Waals surface area contributed by atoms with E-state index < -0.39 is 0 Å². The van der Waals surface area contributed by atoms with Crippen LogP contribution in [0.25, 0.3) is 0 Å². The maximum Gasteiger partial charge on any atom is 0.123 e. The average molecular weight is 299 g/mol. The summed E-state index contributed by atoms with van der Waals surface area (Å²) in [7, 11) is 0. The third kappa shape index (κ3) is 2.68. The smallest absolute Gasteiger partial charge is 0.123 e. The molecule has 2 heterocycles. The van der Waals surface area contributed by atoms with Gasteiger partial charge < -0.3 is 11.1 Å². The number of nitrogens with two attached hydrogens (primary N) is 1. The Bertz CT molecular complexity index is 645. The van der Waals surface area contributed by atoms with E-state index >= 15 is 0 Å². The zero-order valence-electron chi connectivity index (χ0n) is 12.7. The Kier molecular flexibility index (Phi) is 3.49. The van der Waals surface area contributed by atoms with Crippen molar-refractivity contribution < 1.29 is 4.39 Å². The zero-order chi connectivity index (χ0) is 15.1. The van der Waals surface area contributed by atoms with Gasteiger partial charge in [-0.15, -0.1) is 0 Å². The van der Waals surface area contributed by atoms with E-state index in [0.717, 1.165) is 48.2 Å². The van der Waals surface area contributed by atoms with Crippen molar-refractivity contribution in [3.8, 4) is 0 Å². The number of rotatable bonds is 3. The molecule has 2 bridgehead atoms. The van der Waals surface area contributed by atoms with E-state index in [9.17, 15) is 4.39 Å². The van der Waals surface area contributed by atoms with Crippen LogP contribution in [0.5, 0.6) is 0 Å². The summed E-state index contributed by atoms with van der Waals surface area (Å²) in [4.78, 5) is 4.89. The second-order valence-electron chi connectivity index (χ2n) is 6.70. The number of fused-ring (bicyclic) bond motifs is 2. The maximum atomic E-state index is 13.7. The number of benzene rings is 1. The Labute approximate surface area is 130 Å². The van der Waals surface area contributed by atoms with E-state index in [0.29, 0.717) is 12.1 Å². The minimum absolute atomic E-state index is 0.214. The Hall–Kier alpha value is -1.68. The fraction of sp³-hybridized carbons (Fsp3) is 0.500. The normalized spacial score (nSPS) is 28.9. The van der Waals surface area contributed by atoms with E-state index in [1.165, 1.54) is 18.9 Å². The predicted molar refractivity (Wildman–Crippen MR) is 86.4 cm³/mol. The van der Waals surface area contributed by atoms with Crippen LogP contribution in [-0.2, 0) is 0 Å². The van der Waals surface area contributed by atoms with Crippen LogP contribution in [0, 0.1) is 5.82 Å². The fourth-order valence-corrected chi connectivity index (χ4v) is 3.58. The molecule has 0 spiro atoms. The van der Waals surface area contributed by atoms with Gasteiger partial charge in [-0.3, -0.25) is 4.99 Å². The molecule has 2 aliphatic heterocycles. The lowest BCUT2D eigenvalue weighted by atomic mass is 9.82. The highest BCUT2D eigenvalue weighted by atomic mass is 19.1. The number of nitrogens with one attached hydrogen (secondary N) is 1. The van der Waals surface area contributed by atoms with Crippen molar-refractivity contribution in [2.24, 2.45) is 10.7 Å². The summed E-state index contributed by atoms with van der Waals surface area (Å²) in [5, 5.41) is 3.61. The predicted octanol–water partition coefficient (Wildman–Crippen LogP) is 2.90. The van der Waals surface area contributed by atoms with Crippen molar-refractivity contribution in [1.29, 1.82) is 0 Å². The van der Waals surface area contributed by atoms with Gasteiger partial charge in [-0.25, -0.2) is 4.39 Å². The Morgan fingerprint density at radius 3 is 2.86 bits per heavy atom. The van der Waals surface area contributed by atoms with Crippen molar-refractivity contribution in [1.82, 2.24) is 5.32 Å². The van der Waals surface area contributed by atoms with Crippen molar-refractivity contribution in [2.45, 2.75) is 56.7 Å². The van der Waals surface area contributed by atoms with Crippen LogP contribution in [0.3, 0.4) is 0 Å². The van der Waals surface area contributed by atoms with Crippen molar-refractivity contribution in [2.75, 3.05) is 0 Å². The molecule has 0 amide bonds. The Morgan fingerprint density at radius 2 is 2.09 bits per heavy atom. The van der Waals surface area contributed by atoms with Crippen LogP contribution in [0.15, 0.2) is 40.5 Å². The summed E-state index contributed by atoms with van der Waals surface area (Å²) < 4.78 is 13.7. The lowest BCUT2D eigenvalue weighted by Gasteiger charge is -2.38. The van der Waals surface area contributed by atoms with Gasteiger partial charge in [0.05, 0.1) is 11.8 Å². The molecular formula is C18H22FN3. The molecule has 2 atom stereocenters. The highest BCUT2D eigenvalue weighted by molar-refractivity contribution is 6.13. The first-order valence-corrected chi connectivity index (χ1v) is 8.29. The molecule has 1 saturated heterocycles. The largest absolute Gasteiger partial charge is 0.400 e. The first-order chi connectivity index (χ1) is 10.7. The lowest BCUT2D eigenvalue weighted by molar-refractivity contribution is 0.325. The SMILES string of the molecule is NC1=C(C(=NC2CC2)c2cccc(F)c2)CC2CCCC1N2. The van der Waals surface area contributed by atoms with Crippen molar-refractivity contribution >= 4 is 5.71 Å².